The zero-order valence-electron chi connectivity index (χ0n) is 16.3. The Kier molecular flexibility index (Phi) is 11.7. The number of guanidine groups is 1. The summed E-state index contributed by atoms with van der Waals surface area (Å²) in [5, 5.41) is 6.70. The lowest BCUT2D eigenvalue weighted by atomic mass is 10.1. The predicted molar refractivity (Wildman–Crippen MR) is 119 cm³/mol. The summed E-state index contributed by atoms with van der Waals surface area (Å²) in [6.45, 7) is 8.39. The summed E-state index contributed by atoms with van der Waals surface area (Å²) in [6, 6.07) is 6.29. The summed E-state index contributed by atoms with van der Waals surface area (Å²) in [5.41, 5.74) is 2.47. The van der Waals surface area contributed by atoms with Gasteiger partial charge in [-0.2, -0.15) is 0 Å². The van der Waals surface area contributed by atoms with Gasteiger partial charge >= 0.3 is 0 Å². The fraction of sp³-hybridized carbons (Fsp3) is 0.650. The van der Waals surface area contributed by atoms with E-state index in [2.05, 4.69) is 41.6 Å². The zero-order valence-corrected chi connectivity index (χ0v) is 18.7. The molecule has 1 aromatic carbocycles. The van der Waals surface area contributed by atoms with Gasteiger partial charge in [0, 0.05) is 32.8 Å². The lowest BCUT2D eigenvalue weighted by Crippen LogP contribution is -2.38. The highest BCUT2D eigenvalue weighted by Gasteiger charge is 2.20. The Morgan fingerprint density at radius 1 is 1.27 bits per heavy atom. The summed E-state index contributed by atoms with van der Waals surface area (Å²) < 4.78 is 11.1. The Balaban J connectivity index is 0.00000338. The van der Waals surface area contributed by atoms with Gasteiger partial charge in [0.25, 0.3) is 0 Å². The minimum atomic E-state index is 0. The van der Waals surface area contributed by atoms with E-state index in [9.17, 15) is 0 Å². The van der Waals surface area contributed by atoms with Crippen LogP contribution in [0.25, 0.3) is 0 Å². The minimum Gasteiger partial charge on any atom is -0.496 e. The molecule has 0 atom stereocenters. The molecule has 0 aliphatic heterocycles. The molecule has 1 aromatic rings. The fourth-order valence-corrected chi connectivity index (χ4v) is 2.65. The number of rotatable bonds is 11. The second kappa shape index (κ2) is 13.2. The number of ether oxygens (including phenoxy) is 2. The molecular formula is C20H34IN3O2. The SMILES string of the molecule is CCNC(=NCCCOCC1CC1)NCCc1cc(C)ccc1OC.I. The summed E-state index contributed by atoms with van der Waals surface area (Å²) in [6.07, 6.45) is 4.56. The van der Waals surface area contributed by atoms with E-state index in [1.165, 1.54) is 24.0 Å². The molecule has 0 saturated heterocycles. The fourth-order valence-electron chi connectivity index (χ4n) is 2.65. The Labute approximate surface area is 175 Å². The van der Waals surface area contributed by atoms with Crippen LogP contribution in [0.15, 0.2) is 23.2 Å². The third-order valence-electron chi connectivity index (χ3n) is 4.23. The Morgan fingerprint density at radius 3 is 2.77 bits per heavy atom. The van der Waals surface area contributed by atoms with Gasteiger partial charge in [0.2, 0.25) is 0 Å². The van der Waals surface area contributed by atoms with Gasteiger partial charge in [-0.1, -0.05) is 17.7 Å². The first kappa shape index (κ1) is 23.0. The van der Waals surface area contributed by atoms with Gasteiger partial charge in [-0.15, -0.1) is 24.0 Å². The Bertz CT molecular complexity index is 548. The maximum atomic E-state index is 5.65. The van der Waals surface area contributed by atoms with Crippen LogP contribution in [0.4, 0.5) is 0 Å². The number of methoxy groups -OCH3 is 1. The number of aryl methyl sites for hydroxylation is 1. The van der Waals surface area contributed by atoms with E-state index < -0.39 is 0 Å². The average Bonchev–Trinajstić information content (AvgIpc) is 3.42. The average molecular weight is 475 g/mol. The van der Waals surface area contributed by atoms with Gasteiger partial charge in [0.05, 0.1) is 7.11 Å². The number of nitrogens with zero attached hydrogens (tertiary/aromatic N) is 1. The molecule has 1 aliphatic carbocycles. The van der Waals surface area contributed by atoms with Gasteiger partial charge < -0.3 is 20.1 Å². The molecule has 0 heterocycles. The van der Waals surface area contributed by atoms with E-state index in [4.69, 9.17) is 9.47 Å². The number of hydrogen-bond donors (Lipinski definition) is 2. The van der Waals surface area contributed by atoms with E-state index in [1.54, 1.807) is 7.11 Å². The van der Waals surface area contributed by atoms with Crippen LogP contribution in [0.2, 0.25) is 0 Å². The molecular weight excluding hydrogens is 441 g/mol. The molecule has 0 radical (unpaired) electrons. The second-order valence-electron chi connectivity index (χ2n) is 6.62. The molecule has 5 nitrogen and oxygen atoms in total. The van der Waals surface area contributed by atoms with Crippen molar-refractivity contribution in [2.75, 3.05) is 40.0 Å². The van der Waals surface area contributed by atoms with Gasteiger partial charge in [0.15, 0.2) is 5.96 Å². The van der Waals surface area contributed by atoms with Crippen molar-refractivity contribution in [2.45, 2.75) is 39.5 Å². The Morgan fingerprint density at radius 2 is 2.08 bits per heavy atom. The second-order valence-corrected chi connectivity index (χ2v) is 6.62. The van der Waals surface area contributed by atoms with E-state index in [0.29, 0.717) is 0 Å². The van der Waals surface area contributed by atoms with Crippen molar-refractivity contribution in [1.82, 2.24) is 10.6 Å². The lowest BCUT2D eigenvalue weighted by molar-refractivity contribution is 0.123. The van der Waals surface area contributed by atoms with Gasteiger partial charge in [-0.05, 0) is 57.1 Å². The van der Waals surface area contributed by atoms with Crippen molar-refractivity contribution >= 4 is 29.9 Å². The van der Waals surface area contributed by atoms with Crippen LogP contribution in [0.1, 0.15) is 37.3 Å². The molecule has 1 saturated carbocycles. The molecule has 1 aliphatic rings. The molecule has 1 fully saturated rings. The predicted octanol–water partition coefficient (Wildman–Crippen LogP) is 3.54. The smallest absolute Gasteiger partial charge is 0.191 e. The normalized spacial score (nSPS) is 13.9. The van der Waals surface area contributed by atoms with Crippen molar-refractivity contribution in [3.63, 3.8) is 0 Å². The van der Waals surface area contributed by atoms with Crippen molar-refractivity contribution < 1.29 is 9.47 Å². The molecule has 26 heavy (non-hydrogen) atoms. The van der Waals surface area contributed by atoms with Crippen LogP contribution in [0, 0.1) is 12.8 Å². The van der Waals surface area contributed by atoms with Crippen molar-refractivity contribution in [3.05, 3.63) is 29.3 Å². The largest absolute Gasteiger partial charge is 0.496 e. The molecule has 0 bridgehead atoms. The molecule has 2 rings (SSSR count). The minimum absolute atomic E-state index is 0. The number of aliphatic imine (C=N–C) groups is 1. The van der Waals surface area contributed by atoms with Gasteiger partial charge in [-0.3, -0.25) is 4.99 Å². The first-order valence-electron chi connectivity index (χ1n) is 9.46. The van der Waals surface area contributed by atoms with Gasteiger partial charge in [-0.25, -0.2) is 0 Å². The van der Waals surface area contributed by atoms with E-state index in [0.717, 1.165) is 63.3 Å². The highest BCUT2D eigenvalue weighted by Crippen LogP contribution is 2.28. The maximum absolute atomic E-state index is 5.65. The Hall–Kier alpha value is -1.02. The van der Waals surface area contributed by atoms with E-state index in [-0.39, 0.29) is 24.0 Å². The maximum Gasteiger partial charge on any atom is 0.191 e. The number of halogens is 1. The van der Waals surface area contributed by atoms with Gasteiger partial charge in [0.1, 0.15) is 5.75 Å². The van der Waals surface area contributed by atoms with Crippen LogP contribution in [-0.4, -0.2) is 45.9 Å². The summed E-state index contributed by atoms with van der Waals surface area (Å²) in [4.78, 5) is 4.62. The highest BCUT2D eigenvalue weighted by molar-refractivity contribution is 14.0. The third kappa shape index (κ3) is 9.07. The van der Waals surface area contributed by atoms with Crippen molar-refractivity contribution in [3.8, 4) is 5.75 Å². The number of nitrogens with one attached hydrogen (secondary N) is 2. The first-order valence-corrected chi connectivity index (χ1v) is 9.46. The molecule has 0 unspecified atom stereocenters. The summed E-state index contributed by atoms with van der Waals surface area (Å²) in [7, 11) is 1.72. The van der Waals surface area contributed by atoms with Crippen LogP contribution in [-0.2, 0) is 11.2 Å². The van der Waals surface area contributed by atoms with Crippen LogP contribution in [0.3, 0.4) is 0 Å². The molecule has 0 spiro atoms. The first-order chi connectivity index (χ1) is 12.2. The standard InChI is InChI=1S/C20H33N3O2.HI/c1-4-21-20(22-11-5-13-25-15-17-7-8-17)23-12-10-18-14-16(2)6-9-19(18)24-3;/h6,9,14,17H,4-5,7-8,10-13,15H2,1-3H3,(H2,21,22,23);1H. The van der Waals surface area contributed by atoms with E-state index >= 15 is 0 Å². The zero-order chi connectivity index (χ0) is 17.9. The molecule has 148 valence electrons. The number of benzene rings is 1. The van der Waals surface area contributed by atoms with Crippen molar-refractivity contribution in [2.24, 2.45) is 10.9 Å². The molecule has 0 amide bonds. The monoisotopic (exact) mass is 475 g/mol. The summed E-state index contributed by atoms with van der Waals surface area (Å²) in [5.74, 6) is 2.65. The topological polar surface area (TPSA) is 54.9 Å². The van der Waals surface area contributed by atoms with Crippen LogP contribution >= 0.6 is 24.0 Å². The third-order valence-corrected chi connectivity index (χ3v) is 4.23. The summed E-state index contributed by atoms with van der Waals surface area (Å²) >= 11 is 0. The van der Waals surface area contributed by atoms with Crippen LogP contribution in [0.5, 0.6) is 5.75 Å². The number of hydrogen-bond acceptors (Lipinski definition) is 3. The van der Waals surface area contributed by atoms with Crippen molar-refractivity contribution in [1.29, 1.82) is 0 Å². The molecule has 0 aromatic heterocycles. The highest BCUT2D eigenvalue weighted by atomic mass is 127. The van der Waals surface area contributed by atoms with E-state index in [1.807, 2.05) is 6.07 Å². The quantitative estimate of drug-likeness (QED) is 0.223. The lowest BCUT2D eigenvalue weighted by Gasteiger charge is -2.13. The molecule has 2 N–H and O–H groups in total. The molecule has 6 heteroatoms. The van der Waals surface area contributed by atoms with Crippen LogP contribution < -0.4 is 15.4 Å².